The fourth-order valence-electron chi connectivity index (χ4n) is 2.60. The predicted octanol–water partition coefficient (Wildman–Crippen LogP) is 0.513. The van der Waals surface area contributed by atoms with Crippen LogP contribution in [0.3, 0.4) is 0 Å². The lowest BCUT2D eigenvalue weighted by molar-refractivity contribution is -0.149. The lowest BCUT2D eigenvalue weighted by atomic mass is 10.2. The Labute approximate surface area is 167 Å². The number of nitrogens with one attached hydrogen (secondary N) is 1. The second kappa shape index (κ2) is 9.39. The van der Waals surface area contributed by atoms with E-state index in [2.05, 4.69) is 10.4 Å². The summed E-state index contributed by atoms with van der Waals surface area (Å²) in [7, 11) is 0. The van der Waals surface area contributed by atoms with E-state index >= 15 is 0 Å². The summed E-state index contributed by atoms with van der Waals surface area (Å²) >= 11 is 0. The predicted molar refractivity (Wildman–Crippen MR) is 101 cm³/mol. The van der Waals surface area contributed by atoms with E-state index < -0.39 is 36.4 Å². The minimum atomic E-state index is -0.794. The van der Waals surface area contributed by atoms with Crippen molar-refractivity contribution in [1.82, 2.24) is 20.0 Å². The Morgan fingerprint density at radius 2 is 1.97 bits per heavy atom. The van der Waals surface area contributed by atoms with E-state index in [-0.39, 0.29) is 17.4 Å². The van der Waals surface area contributed by atoms with Gasteiger partial charge in [-0.25, -0.2) is 4.79 Å². The minimum Gasteiger partial charge on any atom is -0.451 e. The van der Waals surface area contributed by atoms with Crippen LogP contribution in [-0.4, -0.2) is 64.7 Å². The van der Waals surface area contributed by atoms with E-state index in [1.165, 1.54) is 4.68 Å². The maximum Gasteiger partial charge on any atom is 0.408 e. The lowest BCUT2D eigenvalue weighted by Crippen LogP contribution is -2.43. The first-order valence-corrected chi connectivity index (χ1v) is 9.27. The summed E-state index contributed by atoms with van der Waals surface area (Å²) in [6.07, 6.45) is 1.06. The largest absolute Gasteiger partial charge is 0.451 e. The number of ether oxygens (including phenoxy) is 3. The molecule has 0 atom stereocenters. The average Bonchev–Trinajstić information content (AvgIpc) is 2.63. The Balaban J connectivity index is 1.95. The van der Waals surface area contributed by atoms with Gasteiger partial charge in [0.05, 0.1) is 12.7 Å². The SMILES string of the molecule is CCCN1CCn2ncc(=O)c(OCOC(=O)CNC(=O)OC(C)(C)C)c2C1=O. The summed E-state index contributed by atoms with van der Waals surface area (Å²) in [5.41, 5.74) is -1.26. The Morgan fingerprint density at radius 1 is 1.24 bits per heavy atom. The summed E-state index contributed by atoms with van der Waals surface area (Å²) in [5.74, 6) is -1.38. The summed E-state index contributed by atoms with van der Waals surface area (Å²) < 4.78 is 16.5. The monoisotopic (exact) mass is 410 g/mol. The number of nitrogens with zero attached hydrogens (tertiary/aromatic N) is 3. The molecule has 0 unspecified atom stereocenters. The molecule has 0 bridgehead atoms. The normalized spacial score (nSPS) is 13.5. The second-order valence-electron chi connectivity index (χ2n) is 7.34. The molecule has 0 fully saturated rings. The molecule has 0 aliphatic carbocycles. The van der Waals surface area contributed by atoms with Crippen LogP contribution in [-0.2, 0) is 20.8 Å². The zero-order valence-corrected chi connectivity index (χ0v) is 17.0. The quantitative estimate of drug-likeness (QED) is 0.509. The molecule has 0 saturated heterocycles. The maximum absolute atomic E-state index is 12.6. The van der Waals surface area contributed by atoms with Gasteiger partial charge in [0.2, 0.25) is 18.0 Å². The lowest BCUT2D eigenvalue weighted by Gasteiger charge is -2.29. The first-order chi connectivity index (χ1) is 13.6. The van der Waals surface area contributed by atoms with Gasteiger partial charge >= 0.3 is 12.1 Å². The van der Waals surface area contributed by atoms with Gasteiger partial charge in [-0.1, -0.05) is 6.92 Å². The van der Waals surface area contributed by atoms with Crippen molar-refractivity contribution in [3.05, 3.63) is 22.1 Å². The summed E-state index contributed by atoms with van der Waals surface area (Å²) in [5, 5.41) is 6.20. The van der Waals surface area contributed by atoms with Crippen molar-refractivity contribution >= 4 is 18.0 Å². The smallest absolute Gasteiger partial charge is 0.408 e. The van der Waals surface area contributed by atoms with Crippen LogP contribution in [0.25, 0.3) is 0 Å². The molecule has 1 aromatic rings. The molecule has 0 radical (unpaired) electrons. The number of hydrogen-bond acceptors (Lipinski definition) is 8. The molecule has 1 N–H and O–H groups in total. The number of carbonyl (C=O) groups is 3. The highest BCUT2D eigenvalue weighted by Crippen LogP contribution is 2.19. The van der Waals surface area contributed by atoms with Gasteiger partial charge < -0.3 is 24.4 Å². The summed E-state index contributed by atoms with van der Waals surface area (Å²) in [6.45, 7) is 7.45. The molecule has 160 valence electrons. The number of hydrogen-bond donors (Lipinski definition) is 1. The van der Waals surface area contributed by atoms with Crippen LogP contribution in [0.1, 0.15) is 44.6 Å². The van der Waals surface area contributed by atoms with Gasteiger partial charge in [0, 0.05) is 13.1 Å². The molecule has 11 heteroatoms. The molecule has 1 aliphatic heterocycles. The van der Waals surface area contributed by atoms with E-state index in [0.29, 0.717) is 19.6 Å². The maximum atomic E-state index is 12.6. The number of esters is 1. The van der Waals surface area contributed by atoms with Crippen molar-refractivity contribution in [3.63, 3.8) is 0 Å². The molecule has 1 aromatic heterocycles. The molecule has 0 spiro atoms. The van der Waals surface area contributed by atoms with Crippen LogP contribution in [0, 0.1) is 0 Å². The third-order valence-electron chi connectivity index (χ3n) is 3.78. The van der Waals surface area contributed by atoms with E-state index in [1.807, 2.05) is 6.92 Å². The number of carbonyl (C=O) groups excluding carboxylic acids is 3. The zero-order valence-electron chi connectivity index (χ0n) is 17.0. The molecular formula is C18H26N4O7. The van der Waals surface area contributed by atoms with Crippen molar-refractivity contribution in [2.75, 3.05) is 26.4 Å². The van der Waals surface area contributed by atoms with Crippen LogP contribution in [0.5, 0.6) is 5.75 Å². The molecule has 2 rings (SSSR count). The summed E-state index contributed by atoms with van der Waals surface area (Å²) in [4.78, 5) is 49.6. The van der Waals surface area contributed by atoms with Gasteiger partial charge in [0.1, 0.15) is 12.1 Å². The van der Waals surface area contributed by atoms with E-state index in [1.54, 1.807) is 25.7 Å². The van der Waals surface area contributed by atoms with E-state index in [9.17, 15) is 19.2 Å². The minimum absolute atomic E-state index is 0.0279. The number of rotatable bonds is 7. The number of aromatic nitrogens is 2. The highest BCUT2D eigenvalue weighted by molar-refractivity contribution is 5.95. The Hall–Kier alpha value is -3.11. The molecule has 2 amide bonds. The fourth-order valence-corrected chi connectivity index (χ4v) is 2.60. The fraction of sp³-hybridized carbons (Fsp3) is 0.611. The second-order valence-corrected chi connectivity index (χ2v) is 7.34. The van der Waals surface area contributed by atoms with Crippen LogP contribution in [0.2, 0.25) is 0 Å². The Bertz CT molecular complexity index is 828. The van der Waals surface area contributed by atoms with Gasteiger partial charge in [-0.3, -0.25) is 19.1 Å². The molecule has 11 nitrogen and oxygen atoms in total. The van der Waals surface area contributed by atoms with Crippen molar-refractivity contribution in [2.45, 2.75) is 46.3 Å². The van der Waals surface area contributed by atoms with E-state index in [4.69, 9.17) is 14.2 Å². The standard InChI is InChI=1S/C18H26N4O7/c1-5-6-21-7-8-22-14(16(21)25)15(12(23)9-20-22)28-11-27-13(24)10-19-17(26)29-18(2,3)4/h9H,5-8,10-11H2,1-4H3,(H,19,26). The molecule has 1 aliphatic rings. The van der Waals surface area contributed by atoms with E-state index in [0.717, 1.165) is 12.6 Å². The third kappa shape index (κ3) is 6.19. The Morgan fingerprint density at radius 3 is 2.62 bits per heavy atom. The Kier molecular flexibility index (Phi) is 7.18. The van der Waals surface area contributed by atoms with Crippen molar-refractivity contribution in [3.8, 4) is 5.75 Å². The van der Waals surface area contributed by atoms with Gasteiger partial charge in [-0.15, -0.1) is 0 Å². The highest BCUT2D eigenvalue weighted by atomic mass is 16.7. The first kappa shape index (κ1) is 22.2. The van der Waals surface area contributed by atoms with Gasteiger partial charge in [0.15, 0.2) is 5.69 Å². The molecule has 2 heterocycles. The number of alkyl carbamates (subject to hydrolysis) is 1. The topological polar surface area (TPSA) is 129 Å². The molecule has 0 saturated carbocycles. The van der Waals surface area contributed by atoms with Crippen molar-refractivity contribution in [1.29, 1.82) is 0 Å². The number of fused-ring (bicyclic) bond motifs is 1. The summed E-state index contributed by atoms with van der Waals surface area (Å²) in [6, 6.07) is 0. The van der Waals surface area contributed by atoms with Crippen LogP contribution < -0.4 is 15.5 Å². The molecule has 29 heavy (non-hydrogen) atoms. The van der Waals surface area contributed by atoms with Crippen LogP contribution in [0.4, 0.5) is 4.79 Å². The highest BCUT2D eigenvalue weighted by Gasteiger charge is 2.29. The van der Waals surface area contributed by atoms with Crippen molar-refractivity contribution in [2.24, 2.45) is 0 Å². The zero-order chi connectivity index (χ0) is 21.6. The van der Waals surface area contributed by atoms with Crippen molar-refractivity contribution < 1.29 is 28.6 Å². The first-order valence-electron chi connectivity index (χ1n) is 9.27. The number of amides is 2. The van der Waals surface area contributed by atoms with Gasteiger partial charge in [-0.2, -0.15) is 5.10 Å². The third-order valence-corrected chi connectivity index (χ3v) is 3.78. The van der Waals surface area contributed by atoms with Gasteiger partial charge in [0.25, 0.3) is 5.91 Å². The van der Waals surface area contributed by atoms with Crippen LogP contribution in [0.15, 0.2) is 11.0 Å². The average molecular weight is 410 g/mol. The molecule has 0 aromatic carbocycles. The molecular weight excluding hydrogens is 384 g/mol. The van der Waals surface area contributed by atoms with Crippen LogP contribution >= 0.6 is 0 Å². The van der Waals surface area contributed by atoms with Gasteiger partial charge in [-0.05, 0) is 27.2 Å².